The molecule has 0 aliphatic heterocycles. The van der Waals surface area contributed by atoms with E-state index in [4.69, 9.17) is 11.0 Å². The largest absolute Gasteiger partial charge is 0.469 e. The van der Waals surface area contributed by atoms with Crippen LogP contribution in [-0.2, 0) is 16.0 Å². The molecule has 0 saturated carbocycles. The molecule has 0 bridgehead atoms. The zero-order chi connectivity index (χ0) is 11.4. The standard InChI is InChI=1S/C10H9BrN2O2/c1-15-9(14)4-7-2-6(5-12)3-8(11)10(7)13/h2-3H,4,13H2,1H3. The van der Waals surface area contributed by atoms with Crippen LogP contribution in [0.4, 0.5) is 5.69 Å². The first-order chi connectivity index (χ1) is 7.08. The smallest absolute Gasteiger partial charge is 0.310 e. The summed E-state index contributed by atoms with van der Waals surface area (Å²) in [6.45, 7) is 0. The van der Waals surface area contributed by atoms with Crippen LogP contribution in [0.1, 0.15) is 11.1 Å². The highest BCUT2D eigenvalue weighted by molar-refractivity contribution is 9.10. The van der Waals surface area contributed by atoms with E-state index in [1.807, 2.05) is 6.07 Å². The lowest BCUT2D eigenvalue weighted by atomic mass is 10.1. The van der Waals surface area contributed by atoms with Crippen molar-refractivity contribution in [2.24, 2.45) is 0 Å². The molecular formula is C10H9BrN2O2. The number of benzene rings is 1. The summed E-state index contributed by atoms with van der Waals surface area (Å²) < 4.78 is 5.14. The zero-order valence-corrected chi connectivity index (χ0v) is 9.67. The van der Waals surface area contributed by atoms with Gasteiger partial charge in [0.15, 0.2) is 0 Å². The second-order valence-corrected chi connectivity index (χ2v) is 3.75. The topological polar surface area (TPSA) is 76.1 Å². The molecule has 78 valence electrons. The number of nitriles is 1. The van der Waals surface area contributed by atoms with Crippen LogP contribution in [0.15, 0.2) is 16.6 Å². The Hall–Kier alpha value is -1.54. The minimum absolute atomic E-state index is 0.0659. The minimum Gasteiger partial charge on any atom is -0.469 e. The highest BCUT2D eigenvalue weighted by Crippen LogP contribution is 2.25. The van der Waals surface area contributed by atoms with Gasteiger partial charge in [0.2, 0.25) is 0 Å². The minimum atomic E-state index is -0.385. The SMILES string of the molecule is COC(=O)Cc1cc(C#N)cc(Br)c1N. The molecule has 0 aliphatic rings. The average Bonchev–Trinajstić information content (AvgIpc) is 2.24. The molecule has 0 spiro atoms. The number of halogens is 1. The third-order valence-electron chi connectivity index (χ3n) is 1.91. The Bertz CT molecular complexity index is 438. The van der Waals surface area contributed by atoms with E-state index in [1.165, 1.54) is 7.11 Å². The Morgan fingerprint density at radius 1 is 1.67 bits per heavy atom. The molecule has 0 saturated heterocycles. The molecule has 1 aromatic carbocycles. The summed E-state index contributed by atoms with van der Waals surface area (Å²) >= 11 is 3.22. The van der Waals surface area contributed by atoms with Crippen LogP contribution in [-0.4, -0.2) is 13.1 Å². The number of hydrogen-bond acceptors (Lipinski definition) is 4. The third kappa shape index (κ3) is 2.70. The van der Waals surface area contributed by atoms with Crippen molar-refractivity contribution in [3.63, 3.8) is 0 Å². The maximum atomic E-state index is 11.1. The Morgan fingerprint density at radius 3 is 2.87 bits per heavy atom. The Balaban J connectivity index is 3.12. The van der Waals surface area contributed by atoms with Crippen molar-refractivity contribution >= 4 is 27.6 Å². The number of ether oxygens (including phenoxy) is 1. The van der Waals surface area contributed by atoms with Gasteiger partial charge < -0.3 is 10.5 Å². The summed E-state index contributed by atoms with van der Waals surface area (Å²) in [5, 5.41) is 8.74. The van der Waals surface area contributed by atoms with Crippen LogP contribution in [0.3, 0.4) is 0 Å². The fraction of sp³-hybridized carbons (Fsp3) is 0.200. The van der Waals surface area contributed by atoms with Crippen LogP contribution in [0.2, 0.25) is 0 Å². The van der Waals surface area contributed by atoms with Crippen molar-refractivity contribution in [1.29, 1.82) is 5.26 Å². The molecule has 1 aromatic rings. The molecule has 0 amide bonds. The Kier molecular flexibility index (Phi) is 3.69. The van der Waals surface area contributed by atoms with Gasteiger partial charge in [-0.25, -0.2) is 0 Å². The lowest BCUT2D eigenvalue weighted by Gasteiger charge is -2.06. The van der Waals surface area contributed by atoms with Gasteiger partial charge in [-0.1, -0.05) is 0 Å². The Labute approximate surface area is 95.8 Å². The summed E-state index contributed by atoms with van der Waals surface area (Å²) in [5.74, 6) is -0.385. The summed E-state index contributed by atoms with van der Waals surface area (Å²) in [5.41, 5.74) is 7.25. The molecule has 0 aliphatic carbocycles. The monoisotopic (exact) mass is 268 g/mol. The van der Waals surface area contributed by atoms with Gasteiger partial charge >= 0.3 is 5.97 Å². The van der Waals surface area contributed by atoms with E-state index in [1.54, 1.807) is 12.1 Å². The van der Waals surface area contributed by atoms with Gasteiger partial charge in [0.05, 0.1) is 25.2 Å². The maximum absolute atomic E-state index is 11.1. The predicted octanol–water partition coefficient (Wildman–Crippen LogP) is 1.62. The molecule has 0 radical (unpaired) electrons. The second-order valence-electron chi connectivity index (χ2n) is 2.90. The molecular weight excluding hydrogens is 260 g/mol. The second kappa shape index (κ2) is 4.80. The molecule has 0 atom stereocenters. The number of methoxy groups -OCH3 is 1. The van der Waals surface area contributed by atoms with E-state index >= 15 is 0 Å². The van der Waals surface area contributed by atoms with E-state index in [9.17, 15) is 4.79 Å². The first-order valence-electron chi connectivity index (χ1n) is 4.13. The number of carbonyl (C=O) groups excluding carboxylic acids is 1. The lowest BCUT2D eigenvalue weighted by Crippen LogP contribution is -2.07. The number of nitrogens with zero attached hydrogens (tertiary/aromatic N) is 1. The summed E-state index contributed by atoms with van der Waals surface area (Å²) in [6, 6.07) is 5.18. The fourth-order valence-corrected chi connectivity index (χ4v) is 1.61. The molecule has 4 nitrogen and oxygen atoms in total. The predicted molar refractivity (Wildman–Crippen MR) is 59.0 cm³/mol. The first kappa shape index (κ1) is 11.5. The summed E-state index contributed by atoms with van der Waals surface area (Å²) in [4.78, 5) is 11.1. The molecule has 15 heavy (non-hydrogen) atoms. The molecule has 0 heterocycles. The zero-order valence-electron chi connectivity index (χ0n) is 8.08. The fourth-order valence-electron chi connectivity index (χ4n) is 1.11. The van der Waals surface area contributed by atoms with Gasteiger partial charge in [0, 0.05) is 10.2 Å². The van der Waals surface area contributed by atoms with E-state index in [0.29, 0.717) is 21.3 Å². The van der Waals surface area contributed by atoms with E-state index < -0.39 is 0 Å². The van der Waals surface area contributed by atoms with Crippen LogP contribution in [0.5, 0.6) is 0 Å². The lowest BCUT2D eigenvalue weighted by molar-refractivity contribution is -0.139. The van der Waals surface area contributed by atoms with Gasteiger partial charge in [-0.3, -0.25) is 4.79 Å². The van der Waals surface area contributed by atoms with Crippen molar-refractivity contribution < 1.29 is 9.53 Å². The van der Waals surface area contributed by atoms with E-state index in [-0.39, 0.29) is 12.4 Å². The Morgan fingerprint density at radius 2 is 2.33 bits per heavy atom. The number of rotatable bonds is 2. The number of anilines is 1. The first-order valence-corrected chi connectivity index (χ1v) is 4.92. The quantitative estimate of drug-likeness (QED) is 0.653. The van der Waals surface area contributed by atoms with Crippen LogP contribution < -0.4 is 5.73 Å². The van der Waals surface area contributed by atoms with E-state index in [2.05, 4.69) is 20.7 Å². The van der Waals surface area contributed by atoms with Crippen LogP contribution in [0, 0.1) is 11.3 Å². The normalized spacial score (nSPS) is 9.40. The highest BCUT2D eigenvalue weighted by atomic mass is 79.9. The highest BCUT2D eigenvalue weighted by Gasteiger charge is 2.10. The van der Waals surface area contributed by atoms with Crippen molar-refractivity contribution in [3.8, 4) is 6.07 Å². The number of nitrogen functional groups attached to an aromatic ring is 1. The maximum Gasteiger partial charge on any atom is 0.310 e. The molecule has 0 fully saturated rings. The summed E-state index contributed by atoms with van der Waals surface area (Å²) in [6.07, 6.45) is 0.0659. The molecule has 2 N–H and O–H groups in total. The van der Waals surface area contributed by atoms with Crippen molar-refractivity contribution in [3.05, 3.63) is 27.7 Å². The van der Waals surface area contributed by atoms with Crippen molar-refractivity contribution in [1.82, 2.24) is 0 Å². The third-order valence-corrected chi connectivity index (χ3v) is 2.56. The van der Waals surface area contributed by atoms with Crippen molar-refractivity contribution in [2.45, 2.75) is 6.42 Å². The molecule has 5 heteroatoms. The number of carbonyl (C=O) groups is 1. The average molecular weight is 269 g/mol. The van der Waals surface area contributed by atoms with Gasteiger partial charge in [-0.2, -0.15) is 5.26 Å². The van der Waals surface area contributed by atoms with Crippen molar-refractivity contribution in [2.75, 3.05) is 12.8 Å². The van der Waals surface area contributed by atoms with Gasteiger partial charge in [0.25, 0.3) is 0 Å². The molecule has 1 rings (SSSR count). The molecule has 0 aromatic heterocycles. The summed E-state index contributed by atoms with van der Waals surface area (Å²) in [7, 11) is 1.31. The van der Waals surface area contributed by atoms with Gasteiger partial charge in [-0.15, -0.1) is 0 Å². The van der Waals surface area contributed by atoms with Crippen LogP contribution in [0.25, 0.3) is 0 Å². The van der Waals surface area contributed by atoms with Crippen LogP contribution >= 0.6 is 15.9 Å². The van der Waals surface area contributed by atoms with Gasteiger partial charge in [0.1, 0.15) is 0 Å². The number of nitrogens with two attached hydrogens (primary N) is 1. The van der Waals surface area contributed by atoms with Gasteiger partial charge in [-0.05, 0) is 33.6 Å². The molecule has 0 unspecified atom stereocenters. The number of esters is 1. The van der Waals surface area contributed by atoms with E-state index in [0.717, 1.165) is 0 Å². The number of hydrogen-bond donors (Lipinski definition) is 1.